The molecule has 1 saturated heterocycles. The Bertz CT molecular complexity index is 1000. The Morgan fingerprint density at radius 3 is 2.27 bits per heavy atom. The summed E-state index contributed by atoms with van der Waals surface area (Å²) in [6, 6.07) is 14.5. The van der Waals surface area contributed by atoms with Crippen molar-refractivity contribution in [3.63, 3.8) is 0 Å². The van der Waals surface area contributed by atoms with Gasteiger partial charge in [0.05, 0.1) is 24.3 Å². The number of hydrogen-bond acceptors (Lipinski definition) is 4. The van der Waals surface area contributed by atoms with Gasteiger partial charge in [0.25, 0.3) is 0 Å². The fourth-order valence-electron chi connectivity index (χ4n) is 5.05. The van der Waals surface area contributed by atoms with Crippen molar-refractivity contribution in [2.24, 2.45) is 5.41 Å². The molecular formula is C27H33FN2O3. The number of ether oxygens (including phenoxy) is 1. The summed E-state index contributed by atoms with van der Waals surface area (Å²) < 4.78 is 17.7. The molecule has 2 fully saturated rings. The van der Waals surface area contributed by atoms with Crippen LogP contribution >= 0.6 is 0 Å². The largest absolute Gasteiger partial charge is 0.465 e. The Labute approximate surface area is 195 Å². The molecule has 4 rings (SSSR count). The second kappa shape index (κ2) is 9.26. The molecule has 2 aromatic rings. The maximum absolute atomic E-state index is 13.7. The second-order valence-corrected chi connectivity index (χ2v) is 9.88. The molecule has 1 aliphatic heterocycles. The Balaban J connectivity index is 1.49. The number of piperidine rings is 1. The van der Waals surface area contributed by atoms with Crippen molar-refractivity contribution in [1.29, 1.82) is 0 Å². The average Bonchev–Trinajstić information content (AvgIpc) is 3.59. The van der Waals surface area contributed by atoms with Crippen LogP contribution in [0.25, 0.3) is 0 Å². The summed E-state index contributed by atoms with van der Waals surface area (Å²) >= 11 is 0. The quantitative estimate of drug-likeness (QED) is 0.604. The minimum atomic E-state index is -0.617. The van der Waals surface area contributed by atoms with E-state index in [4.69, 9.17) is 4.74 Å². The summed E-state index contributed by atoms with van der Waals surface area (Å²) in [5.41, 5.74) is 2.86. The number of esters is 1. The van der Waals surface area contributed by atoms with Crippen molar-refractivity contribution >= 4 is 11.9 Å². The van der Waals surface area contributed by atoms with Gasteiger partial charge in [0.2, 0.25) is 5.91 Å². The molecule has 6 heteroatoms. The van der Waals surface area contributed by atoms with Crippen molar-refractivity contribution in [2.75, 3.05) is 13.7 Å². The maximum Gasteiger partial charge on any atom is 0.337 e. The summed E-state index contributed by atoms with van der Waals surface area (Å²) in [6.45, 7) is 5.09. The van der Waals surface area contributed by atoms with E-state index in [9.17, 15) is 14.0 Å². The highest BCUT2D eigenvalue weighted by atomic mass is 19.1. The van der Waals surface area contributed by atoms with Gasteiger partial charge in [-0.05, 0) is 73.8 Å². The molecule has 2 aromatic carbocycles. The Kier molecular flexibility index (Phi) is 6.57. The van der Waals surface area contributed by atoms with Crippen molar-refractivity contribution in [1.82, 2.24) is 10.2 Å². The van der Waals surface area contributed by atoms with Gasteiger partial charge >= 0.3 is 5.97 Å². The van der Waals surface area contributed by atoms with Gasteiger partial charge in [-0.1, -0.05) is 36.4 Å². The van der Waals surface area contributed by atoms with E-state index in [-0.39, 0.29) is 17.9 Å². The maximum atomic E-state index is 13.7. The lowest BCUT2D eigenvalue weighted by atomic mass is 9.78. The number of benzene rings is 2. The number of hydrogen-bond donors (Lipinski definition) is 1. The lowest BCUT2D eigenvalue weighted by Gasteiger charge is -2.47. The van der Waals surface area contributed by atoms with Crippen LogP contribution in [0, 0.1) is 5.41 Å². The molecule has 0 bridgehead atoms. The topological polar surface area (TPSA) is 58.6 Å². The van der Waals surface area contributed by atoms with Crippen LogP contribution in [0.15, 0.2) is 48.5 Å². The third-order valence-electron chi connectivity index (χ3n) is 7.51. The van der Waals surface area contributed by atoms with Crippen molar-refractivity contribution in [2.45, 2.75) is 64.3 Å². The predicted octanol–water partition coefficient (Wildman–Crippen LogP) is 4.95. The van der Waals surface area contributed by atoms with Crippen LogP contribution in [0.2, 0.25) is 0 Å². The summed E-state index contributed by atoms with van der Waals surface area (Å²) in [4.78, 5) is 27.6. The first kappa shape index (κ1) is 23.4. The van der Waals surface area contributed by atoms with Crippen molar-refractivity contribution in [3.05, 3.63) is 70.8 Å². The first-order chi connectivity index (χ1) is 15.8. The Morgan fingerprint density at radius 1 is 1.06 bits per heavy atom. The van der Waals surface area contributed by atoms with E-state index in [1.54, 1.807) is 12.1 Å². The smallest absolute Gasteiger partial charge is 0.337 e. The molecule has 1 unspecified atom stereocenters. The zero-order chi connectivity index (χ0) is 23.6. The Morgan fingerprint density at radius 2 is 1.70 bits per heavy atom. The molecule has 2 aliphatic rings. The fourth-order valence-corrected chi connectivity index (χ4v) is 5.05. The van der Waals surface area contributed by atoms with Gasteiger partial charge in [-0.25, -0.2) is 9.18 Å². The molecule has 1 N–H and O–H groups in total. The number of halogens is 1. The molecule has 0 aromatic heterocycles. The Hall–Kier alpha value is -2.73. The zero-order valence-corrected chi connectivity index (χ0v) is 19.7. The molecule has 2 atom stereocenters. The first-order valence-electron chi connectivity index (χ1n) is 11.7. The molecule has 1 amide bonds. The molecule has 176 valence electrons. The number of nitrogens with zero attached hydrogens (tertiary/aromatic N) is 1. The fraction of sp³-hybridized carbons (Fsp3) is 0.481. The van der Waals surface area contributed by atoms with Crippen LogP contribution in [0.4, 0.5) is 4.39 Å². The number of rotatable bonds is 7. The minimum absolute atomic E-state index is 0.0263. The highest BCUT2D eigenvalue weighted by Gasteiger charge is 2.55. The lowest BCUT2D eigenvalue weighted by Crippen LogP contribution is -2.60. The van der Waals surface area contributed by atoms with Crippen LogP contribution in [-0.2, 0) is 22.8 Å². The van der Waals surface area contributed by atoms with E-state index in [0.717, 1.165) is 30.5 Å². The van der Waals surface area contributed by atoms with Crippen LogP contribution in [0.1, 0.15) is 72.6 Å². The van der Waals surface area contributed by atoms with Crippen LogP contribution in [-0.4, -0.2) is 36.0 Å². The monoisotopic (exact) mass is 452 g/mol. The van der Waals surface area contributed by atoms with Crippen molar-refractivity contribution < 1.29 is 18.7 Å². The molecule has 0 radical (unpaired) electrons. The van der Waals surface area contributed by atoms with Crippen LogP contribution in [0.5, 0.6) is 0 Å². The number of carbonyl (C=O) groups excluding carboxylic acids is 2. The van der Waals surface area contributed by atoms with Gasteiger partial charge in [-0.2, -0.15) is 0 Å². The molecular weight excluding hydrogens is 419 g/mol. The number of carbonyl (C=O) groups is 2. The number of likely N-dealkylation sites (tertiary alicyclic amines) is 1. The van der Waals surface area contributed by atoms with E-state index in [1.807, 2.05) is 43.3 Å². The van der Waals surface area contributed by atoms with Gasteiger partial charge in [0.15, 0.2) is 0 Å². The van der Waals surface area contributed by atoms with Gasteiger partial charge in [0.1, 0.15) is 6.67 Å². The average molecular weight is 453 g/mol. The van der Waals surface area contributed by atoms with E-state index in [2.05, 4.69) is 17.1 Å². The van der Waals surface area contributed by atoms with E-state index < -0.39 is 12.2 Å². The third kappa shape index (κ3) is 4.96. The standard InChI is InChI=1S/C27H33FN2O3/c1-19(22-8-10-23(11-9-22)24(31)33-3)29-25(32)26(2)18-27(12-13-27)14-15-30(26)17-21-6-4-20(16-28)5-7-21/h4-11,19H,12-18H2,1-3H3,(H,29,32)/t19-,26?/m0/s1. The highest BCUT2D eigenvalue weighted by Crippen LogP contribution is 2.58. The predicted molar refractivity (Wildman–Crippen MR) is 125 cm³/mol. The number of nitrogens with one attached hydrogen (secondary N) is 1. The normalized spacial score (nSPS) is 22.5. The zero-order valence-electron chi connectivity index (χ0n) is 19.7. The van der Waals surface area contributed by atoms with E-state index >= 15 is 0 Å². The van der Waals surface area contributed by atoms with Gasteiger partial charge < -0.3 is 10.1 Å². The summed E-state index contributed by atoms with van der Waals surface area (Å²) in [5.74, 6) is -0.351. The van der Waals surface area contributed by atoms with Crippen molar-refractivity contribution in [3.8, 4) is 0 Å². The van der Waals surface area contributed by atoms with E-state index in [0.29, 0.717) is 23.1 Å². The number of alkyl halides is 1. The van der Waals surface area contributed by atoms with E-state index in [1.165, 1.54) is 20.0 Å². The summed E-state index contributed by atoms with van der Waals surface area (Å²) in [5, 5.41) is 3.22. The first-order valence-corrected chi connectivity index (χ1v) is 11.7. The third-order valence-corrected chi connectivity index (χ3v) is 7.51. The molecule has 1 spiro atoms. The van der Waals surface area contributed by atoms with Gasteiger partial charge in [-0.15, -0.1) is 0 Å². The summed E-state index contributed by atoms with van der Waals surface area (Å²) in [7, 11) is 1.36. The van der Waals surface area contributed by atoms with Gasteiger partial charge in [0, 0.05) is 13.1 Å². The molecule has 1 aliphatic carbocycles. The molecule has 1 heterocycles. The van der Waals surface area contributed by atoms with Crippen LogP contribution in [0.3, 0.4) is 0 Å². The van der Waals surface area contributed by atoms with Gasteiger partial charge in [-0.3, -0.25) is 9.69 Å². The van der Waals surface area contributed by atoms with Crippen LogP contribution < -0.4 is 5.32 Å². The minimum Gasteiger partial charge on any atom is -0.465 e. The summed E-state index contributed by atoms with van der Waals surface area (Å²) in [6.07, 6.45) is 4.35. The SMILES string of the molecule is COC(=O)c1ccc([C@H](C)NC(=O)C2(C)CC3(CCN2Cc2ccc(CF)cc2)CC3)cc1. The number of amides is 1. The highest BCUT2D eigenvalue weighted by molar-refractivity contribution is 5.89. The number of methoxy groups -OCH3 is 1. The molecule has 33 heavy (non-hydrogen) atoms. The molecule has 5 nitrogen and oxygen atoms in total. The molecule has 1 saturated carbocycles. The lowest BCUT2D eigenvalue weighted by molar-refractivity contribution is -0.138. The second-order valence-electron chi connectivity index (χ2n) is 9.88.